The molecule has 1 aromatic rings. The minimum Gasteiger partial charge on any atom is -0.446 e. The van der Waals surface area contributed by atoms with E-state index >= 15 is 0 Å². The Labute approximate surface area is 208 Å². The van der Waals surface area contributed by atoms with Crippen LogP contribution < -0.4 is 16.7 Å². The molecule has 0 saturated heterocycles. The van der Waals surface area contributed by atoms with E-state index in [4.69, 9.17) is 14.9 Å². The van der Waals surface area contributed by atoms with Gasteiger partial charge in [-0.1, -0.05) is 13.8 Å². The molecule has 4 aliphatic rings. The molecule has 8 unspecified atom stereocenters. The summed E-state index contributed by atoms with van der Waals surface area (Å²) >= 11 is 0. The van der Waals surface area contributed by atoms with Crippen LogP contribution in [0.1, 0.15) is 89.5 Å². The van der Waals surface area contributed by atoms with E-state index in [2.05, 4.69) is 19.2 Å². The Morgan fingerprint density at radius 1 is 1.14 bits per heavy atom. The summed E-state index contributed by atoms with van der Waals surface area (Å²) in [5.74, 6) is 1.52. The summed E-state index contributed by atoms with van der Waals surface area (Å²) in [5, 5.41) is 15.2. The van der Waals surface area contributed by atoms with Crippen LogP contribution in [-0.4, -0.2) is 36.0 Å². The number of ether oxygens (including phenoxy) is 1. The van der Waals surface area contributed by atoms with Gasteiger partial charge in [-0.05, 0) is 111 Å². The molecule has 5 rings (SSSR count). The molecule has 1 heterocycles. The number of alkyl carbamates (subject to hydrolysis) is 1. The van der Waals surface area contributed by atoms with Crippen LogP contribution in [0.15, 0.2) is 27.6 Å². The van der Waals surface area contributed by atoms with Gasteiger partial charge in [-0.15, -0.1) is 0 Å². The van der Waals surface area contributed by atoms with Crippen molar-refractivity contribution in [3.05, 3.63) is 34.4 Å². The number of nitrogens with one attached hydrogen (secondary N) is 1. The van der Waals surface area contributed by atoms with Crippen LogP contribution in [0.5, 0.6) is 0 Å². The summed E-state index contributed by atoms with van der Waals surface area (Å²) < 4.78 is 11.0. The predicted molar refractivity (Wildman–Crippen MR) is 133 cm³/mol. The maximum Gasteiger partial charge on any atom is 0.407 e. The zero-order valence-corrected chi connectivity index (χ0v) is 21.3. The molecule has 1 aromatic heterocycles. The summed E-state index contributed by atoms with van der Waals surface area (Å²) in [6, 6.07) is 3.40. The minimum atomic E-state index is -0.694. The van der Waals surface area contributed by atoms with Crippen LogP contribution in [0, 0.1) is 28.6 Å². The summed E-state index contributed by atoms with van der Waals surface area (Å²) in [5.41, 5.74) is 5.50. The van der Waals surface area contributed by atoms with E-state index < -0.39 is 5.60 Å². The molecule has 0 aromatic carbocycles. The van der Waals surface area contributed by atoms with Crippen molar-refractivity contribution < 1.29 is 19.1 Å². The molecule has 4 fully saturated rings. The molecule has 194 valence electrons. The standard InChI is InChI=1S/C28H42N2O5/c1-26-11-8-20(35-25(32)30-15-3-14-29)16-19(26)5-6-23-22(26)9-12-27(2)21(10-13-28(23,27)33)18-4-7-24(31)34-17-18/h4,7,17,19-23,33H,3,5-6,8-16,29H2,1-2H3,(H,30,32). The second-order valence-electron chi connectivity index (χ2n) is 12.2. The molecule has 7 nitrogen and oxygen atoms in total. The highest BCUT2D eigenvalue weighted by Gasteiger charge is 2.67. The van der Waals surface area contributed by atoms with Crippen molar-refractivity contribution in [1.82, 2.24) is 5.32 Å². The molecule has 35 heavy (non-hydrogen) atoms. The Hall–Kier alpha value is -1.86. The second-order valence-corrected chi connectivity index (χ2v) is 12.2. The normalized spacial score (nSPS) is 42.5. The lowest BCUT2D eigenvalue weighted by Gasteiger charge is -2.63. The minimum absolute atomic E-state index is 0.0250. The van der Waals surface area contributed by atoms with Crippen molar-refractivity contribution in [2.45, 2.75) is 95.7 Å². The van der Waals surface area contributed by atoms with Crippen LogP contribution in [0.25, 0.3) is 0 Å². The average Bonchev–Trinajstić information content (AvgIpc) is 3.11. The summed E-state index contributed by atoms with van der Waals surface area (Å²) in [7, 11) is 0. The molecule has 0 spiro atoms. The van der Waals surface area contributed by atoms with Crippen molar-refractivity contribution in [3.63, 3.8) is 0 Å². The highest BCUT2D eigenvalue weighted by Crippen LogP contribution is 2.70. The summed E-state index contributed by atoms with van der Waals surface area (Å²) in [6.45, 7) is 5.83. The highest BCUT2D eigenvalue weighted by atomic mass is 16.6. The van der Waals surface area contributed by atoms with Crippen LogP contribution in [0.2, 0.25) is 0 Å². The third-order valence-corrected chi connectivity index (χ3v) is 10.9. The third-order valence-electron chi connectivity index (χ3n) is 10.9. The van der Waals surface area contributed by atoms with Gasteiger partial charge in [-0.2, -0.15) is 0 Å². The highest BCUT2D eigenvalue weighted by molar-refractivity contribution is 5.67. The average molecular weight is 487 g/mol. The Kier molecular flexibility index (Phi) is 6.54. The molecule has 1 amide bonds. The van der Waals surface area contributed by atoms with E-state index in [0.29, 0.717) is 30.8 Å². The quantitative estimate of drug-likeness (QED) is 0.534. The molecular weight excluding hydrogens is 444 g/mol. The lowest BCUT2D eigenvalue weighted by Crippen LogP contribution is -2.62. The Balaban J connectivity index is 1.30. The number of nitrogens with two attached hydrogens (primary N) is 1. The number of rotatable bonds is 5. The van der Waals surface area contributed by atoms with Gasteiger partial charge in [-0.3, -0.25) is 0 Å². The van der Waals surface area contributed by atoms with Gasteiger partial charge in [0.15, 0.2) is 0 Å². The lowest BCUT2D eigenvalue weighted by atomic mass is 9.43. The number of amides is 1. The third kappa shape index (κ3) is 4.03. The number of carbonyl (C=O) groups is 1. The van der Waals surface area contributed by atoms with E-state index in [9.17, 15) is 14.7 Å². The van der Waals surface area contributed by atoms with Crippen molar-refractivity contribution in [3.8, 4) is 0 Å². The lowest BCUT2D eigenvalue weighted by molar-refractivity contribution is -0.205. The number of hydrogen-bond acceptors (Lipinski definition) is 6. The Morgan fingerprint density at radius 2 is 1.97 bits per heavy atom. The maximum atomic E-state index is 12.4. The zero-order valence-electron chi connectivity index (χ0n) is 21.3. The number of fused-ring (bicyclic) bond motifs is 5. The SMILES string of the molecule is CC12CCC(OC(=O)NCCCN)CC1CCC1C2CCC2(C)C(c3ccc(=O)oc3)CCC12O. The zero-order chi connectivity index (χ0) is 24.8. The fraction of sp³-hybridized carbons (Fsp3) is 0.786. The second kappa shape index (κ2) is 9.22. The van der Waals surface area contributed by atoms with Crippen LogP contribution in [-0.2, 0) is 4.74 Å². The van der Waals surface area contributed by atoms with E-state index in [1.165, 1.54) is 6.07 Å². The molecule has 4 saturated carbocycles. The van der Waals surface area contributed by atoms with Crippen molar-refractivity contribution in [2.75, 3.05) is 13.1 Å². The molecule has 0 bridgehead atoms. The molecule has 0 aliphatic heterocycles. The van der Waals surface area contributed by atoms with Gasteiger partial charge < -0.3 is 25.3 Å². The molecule has 4 N–H and O–H groups in total. The van der Waals surface area contributed by atoms with Crippen molar-refractivity contribution in [1.29, 1.82) is 0 Å². The van der Waals surface area contributed by atoms with Crippen molar-refractivity contribution in [2.24, 2.45) is 34.3 Å². The number of aliphatic hydroxyl groups is 1. The fourth-order valence-corrected chi connectivity index (χ4v) is 8.88. The first-order valence-electron chi connectivity index (χ1n) is 13.7. The fourth-order valence-electron chi connectivity index (χ4n) is 8.88. The van der Waals surface area contributed by atoms with Gasteiger partial charge in [0.25, 0.3) is 0 Å². The van der Waals surface area contributed by atoms with Gasteiger partial charge in [0.05, 0.1) is 11.9 Å². The molecule has 7 heteroatoms. The summed E-state index contributed by atoms with van der Waals surface area (Å²) in [6.07, 6.45) is 10.8. The predicted octanol–water partition coefficient (Wildman–Crippen LogP) is 4.32. The van der Waals surface area contributed by atoms with Gasteiger partial charge >= 0.3 is 11.7 Å². The van der Waals surface area contributed by atoms with Crippen LogP contribution >= 0.6 is 0 Å². The maximum absolute atomic E-state index is 12.4. The van der Waals surface area contributed by atoms with E-state index in [-0.39, 0.29) is 34.6 Å². The van der Waals surface area contributed by atoms with Gasteiger partial charge in [0, 0.05) is 18.0 Å². The van der Waals surface area contributed by atoms with E-state index in [0.717, 1.165) is 69.8 Å². The monoisotopic (exact) mass is 486 g/mol. The van der Waals surface area contributed by atoms with Gasteiger partial charge in [0.2, 0.25) is 0 Å². The largest absolute Gasteiger partial charge is 0.446 e. The Morgan fingerprint density at radius 3 is 2.71 bits per heavy atom. The number of carbonyl (C=O) groups excluding carboxylic acids is 1. The smallest absolute Gasteiger partial charge is 0.407 e. The van der Waals surface area contributed by atoms with E-state index in [1.807, 2.05) is 6.07 Å². The summed E-state index contributed by atoms with van der Waals surface area (Å²) in [4.78, 5) is 23.7. The van der Waals surface area contributed by atoms with E-state index in [1.54, 1.807) is 6.26 Å². The number of hydrogen-bond donors (Lipinski definition) is 3. The van der Waals surface area contributed by atoms with Gasteiger partial charge in [-0.25, -0.2) is 9.59 Å². The first-order chi connectivity index (χ1) is 16.7. The molecule has 8 atom stereocenters. The van der Waals surface area contributed by atoms with Crippen molar-refractivity contribution >= 4 is 6.09 Å². The Bertz CT molecular complexity index is 975. The molecule has 4 aliphatic carbocycles. The molecular formula is C28H42N2O5. The molecule has 0 radical (unpaired) electrons. The van der Waals surface area contributed by atoms with Crippen LogP contribution in [0.4, 0.5) is 4.79 Å². The first kappa shape index (κ1) is 24.8. The van der Waals surface area contributed by atoms with Crippen LogP contribution in [0.3, 0.4) is 0 Å². The topological polar surface area (TPSA) is 115 Å². The first-order valence-corrected chi connectivity index (χ1v) is 13.7. The van der Waals surface area contributed by atoms with Gasteiger partial charge in [0.1, 0.15) is 6.10 Å².